The van der Waals surface area contributed by atoms with Gasteiger partial charge < -0.3 is 4.57 Å². The molecule has 232 valence electrons. The maximum absolute atomic E-state index is 5.23. The average Bonchev–Trinajstić information content (AvgIpc) is 3.55. The number of hydrogen-bond acceptors (Lipinski definition) is 2. The van der Waals surface area contributed by atoms with Crippen LogP contribution < -0.4 is 0 Å². The van der Waals surface area contributed by atoms with E-state index >= 15 is 0 Å². The van der Waals surface area contributed by atoms with Crippen LogP contribution in [0.2, 0.25) is 0 Å². The Morgan fingerprint density at radius 2 is 1.29 bits per heavy atom. The first-order valence-electron chi connectivity index (χ1n) is 16.6. The zero-order chi connectivity index (χ0) is 33.0. The van der Waals surface area contributed by atoms with Gasteiger partial charge >= 0.3 is 0 Å². The molecule has 3 nitrogen and oxygen atoms in total. The van der Waals surface area contributed by atoms with Crippen LogP contribution in [0.3, 0.4) is 0 Å². The van der Waals surface area contributed by atoms with Gasteiger partial charge in [0, 0.05) is 33.1 Å². The van der Waals surface area contributed by atoms with Crippen molar-refractivity contribution in [1.29, 1.82) is 0 Å². The van der Waals surface area contributed by atoms with Crippen LogP contribution in [-0.4, -0.2) is 14.5 Å². The highest BCUT2D eigenvalue weighted by molar-refractivity contribution is 6.03. The van der Waals surface area contributed by atoms with E-state index < -0.39 is 0 Å². The fourth-order valence-electron chi connectivity index (χ4n) is 7.47. The molecule has 0 bridgehead atoms. The predicted molar refractivity (Wildman–Crippen MR) is 202 cm³/mol. The summed E-state index contributed by atoms with van der Waals surface area (Å²) < 4.78 is 2.42. The maximum Gasteiger partial charge on any atom is 0.160 e. The van der Waals surface area contributed by atoms with Crippen LogP contribution in [0, 0.1) is 0 Å². The molecule has 0 saturated heterocycles. The SMILES string of the molecule is C=C(C)c1c(C=CC)n(-c2ccccc2-c2cc(-c3ccccc3)nc(-c3ccccc3)n2)c2cc3c(cc12)-c1ccccc1C3(C)C. The Kier molecular flexibility index (Phi) is 7.07. The molecule has 0 N–H and O–H groups in total. The first-order chi connectivity index (χ1) is 23.4. The molecule has 7 aromatic rings. The van der Waals surface area contributed by atoms with Gasteiger partial charge in [-0.05, 0) is 72.0 Å². The molecular weight excluding hydrogens is 583 g/mol. The van der Waals surface area contributed by atoms with Crippen molar-refractivity contribution in [2.24, 2.45) is 0 Å². The second-order valence-corrected chi connectivity index (χ2v) is 13.2. The van der Waals surface area contributed by atoms with E-state index in [-0.39, 0.29) is 5.41 Å². The molecule has 3 heteroatoms. The minimum Gasteiger partial charge on any atom is -0.309 e. The zero-order valence-corrected chi connectivity index (χ0v) is 27.8. The number of rotatable bonds is 6. The van der Waals surface area contributed by atoms with Crippen molar-refractivity contribution in [2.45, 2.75) is 33.1 Å². The molecule has 48 heavy (non-hydrogen) atoms. The third-order valence-corrected chi connectivity index (χ3v) is 9.71. The summed E-state index contributed by atoms with van der Waals surface area (Å²) in [5.41, 5.74) is 15.6. The van der Waals surface area contributed by atoms with E-state index in [1.54, 1.807) is 0 Å². The zero-order valence-electron chi connectivity index (χ0n) is 27.8. The van der Waals surface area contributed by atoms with Crippen molar-refractivity contribution >= 4 is 22.6 Å². The van der Waals surface area contributed by atoms with Crippen LogP contribution in [0.25, 0.3) is 73.3 Å². The van der Waals surface area contributed by atoms with Crippen molar-refractivity contribution in [3.63, 3.8) is 0 Å². The molecule has 1 aliphatic carbocycles. The minimum absolute atomic E-state index is 0.124. The van der Waals surface area contributed by atoms with Crippen molar-refractivity contribution in [1.82, 2.24) is 14.5 Å². The minimum atomic E-state index is -0.124. The summed E-state index contributed by atoms with van der Waals surface area (Å²) in [7, 11) is 0. The Balaban J connectivity index is 1.44. The van der Waals surface area contributed by atoms with Gasteiger partial charge in [0.05, 0.1) is 28.3 Å². The number of nitrogens with zero attached hydrogens (tertiary/aromatic N) is 3. The molecule has 0 radical (unpaired) electrons. The van der Waals surface area contributed by atoms with Gasteiger partial charge in [0.2, 0.25) is 0 Å². The summed E-state index contributed by atoms with van der Waals surface area (Å²) in [5.74, 6) is 0.702. The van der Waals surface area contributed by atoms with E-state index in [1.807, 2.05) is 24.3 Å². The molecule has 0 fully saturated rings. The Bertz CT molecular complexity index is 2330. The quantitative estimate of drug-likeness (QED) is 0.185. The third kappa shape index (κ3) is 4.65. The molecule has 0 amide bonds. The van der Waals surface area contributed by atoms with Gasteiger partial charge in [0.15, 0.2) is 5.82 Å². The fourth-order valence-corrected chi connectivity index (χ4v) is 7.47. The van der Waals surface area contributed by atoms with Crippen molar-refractivity contribution < 1.29 is 0 Å². The molecule has 2 heterocycles. The van der Waals surface area contributed by atoms with Crippen LogP contribution >= 0.6 is 0 Å². The third-order valence-electron chi connectivity index (χ3n) is 9.71. The molecule has 1 aliphatic rings. The Hall–Kier alpha value is -5.80. The maximum atomic E-state index is 5.23. The summed E-state index contributed by atoms with van der Waals surface area (Å²) in [4.78, 5) is 10.3. The van der Waals surface area contributed by atoms with Gasteiger partial charge in [-0.3, -0.25) is 0 Å². The standard InChI is InChI=1S/C45H37N3/c1-6-17-41-43(29(2)3)35-26-34-32-22-13-15-24-36(32)45(4,5)37(34)27-42(35)48(41)40-25-16-14-23-33(40)39-28-38(30-18-9-7-10-19-30)46-44(47-39)31-20-11-8-12-21-31/h6-28H,2H2,1,3-5H3. The van der Waals surface area contributed by atoms with Crippen LogP contribution in [0.5, 0.6) is 0 Å². The lowest BCUT2D eigenvalue weighted by molar-refractivity contribution is 0.661. The Morgan fingerprint density at radius 1 is 0.667 bits per heavy atom. The van der Waals surface area contributed by atoms with E-state index in [9.17, 15) is 0 Å². The number of fused-ring (bicyclic) bond motifs is 4. The van der Waals surface area contributed by atoms with Gasteiger partial charge in [-0.2, -0.15) is 0 Å². The monoisotopic (exact) mass is 619 g/mol. The first kappa shape index (κ1) is 29.6. The number of para-hydroxylation sites is 1. The summed E-state index contributed by atoms with van der Waals surface area (Å²) in [6, 6.07) is 45.0. The molecule has 5 aromatic carbocycles. The van der Waals surface area contributed by atoms with Gasteiger partial charge in [-0.1, -0.05) is 130 Å². The highest BCUT2D eigenvalue weighted by atomic mass is 15.0. The predicted octanol–water partition coefficient (Wildman–Crippen LogP) is 11.8. The number of benzene rings is 5. The number of hydrogen-bond donors (Lipinski definition) is 0. The highest BCUT2D eigenvalue weighted by Crippen LogP contribution is 2.51. The van der Waals surface area contributed by atoms with Gasteiger partial charge in [0.1, 0.15) is 0 Å². The number of aromatic nitrogens is 3. The van der Waals surface area contributed by atoms with E-state index in [1.165, 1.54) is 33.2 Å². The van der Waals surface area contributed by atoms with Crippen molar-refractivity contribution in [3.05, 3.63) is 162 Å². The largest absolute Gasteiger partial charge is 0.309 e. The molecule has 8 rings (SSSR count). The summed E-state index contributed by atoms with van der Waals surface area (Å²) in [5, 5.41) is 1.20. The molecule has 0 saturated carbocycles. The molecule has 0 spiro atoms. The van der Waals surface area contributed by atoms with Crippen molar-refractivity contribution in [2.75, 3.05) is 0 Å². The topological polar surface area (TPSA) is 30.7 Å². The number of allylic oxidation sites excluding steroid dienone is 2. The van der Waals surface area contributed by atoms with Crippen LogP contribution in [-0.2, 0) is 5.41 Å². The smallest absolute Gasteiger partial charge is 0.160 e. The van der Waals surface area contributed by atoms with Crippen LogP contribution in [0.15, 0.2) is 140 Å². The van der Waals surface area contributed by atoms with Crippen molar-refractivity contribution in [3.8, 4) is 50.7 Å². The van der Waals surface area contributed by atoms with Crippen LogP contribution in [0.1, 0.15) is 50.1 Å². The van der Waals surface area contributed by atoms with E-state index in [0.717, 1.165) is 50.5 Å². The molecule has 2 aromatic heterocycles. The normalized spacial score (nSPS) is 13.2. The van der Waals surface area contributed by atoms with Gasteiger partial charge in [-0.25, -0.2) is 9.97 Å². The highest BCUT2D eigenvalue weighted by Gasteiger charge is 2.36. The summed E-state index contributed by atoms with van der Waals surface area (Å²) in [6.07, 6.45) is 4.34. The molecule has 0 atom stereocenters. The Morgan fingerprint density at radius 3 is 2.00 bits per heavy atom. The van der Waals surface area contributed by atoms with Gasteiger partial charge in [0.25, 0.3) is 0 Å². The van der Waals surface area contributed by atoms with E-state index in [2.05, 4.69) is 154 Å². The molecule has 0 aliphatic heterocycles. The molecular formula is C45H37N3. The summed E-state index contributed by atoms with van der Waals surface area (Å²) in [6.45, 7) is 13.4. The molecule has 0 unspecified atom stereocenters. The Labute approximate surface area is 282 Å². The average molecular weight is 620 g/mol. The van der Waals surface area contributed by atoms with E-state index in [4.69, 9.17) is 9.97 Å². The lowest BCUT2D eigenvalue weighted by Gasteiger charge is -2.22. The van der Waals surface area contributed by atoms with E-state index in [0.29, 0.717) is 5.82 Å². The fraction of sp³-hybridized carbons (Fsp3) is 0.111. The van der Waals surface area contributed by atoms with Gasteiger partial charge in [-0.15, -0.1) is 0 Å². The lowest BCUT2D eigenvalue weighted by atomic mass is 9.82. The second kappa shape index (κ2) is 11.5. The second-order valence-electron chi connectivity index (χ2n) is 13.2. The van der Waals surface area contributed by atoms with Crippen LogP contribution in [0.4, 0.5) is 0 Å². The first-order valence-corrected chi connectivity index (χ1v) is 16.6. The summed E-state index contributed by atoms with van der Waals surface area (Å²) >= 11 is 0. The lowest BCUT2D eigenvalue weighted by Crippen LogP contribution is -2.15.